The maximum absolute atomic E-state index is 13.3. The fourth-order valence-electron chi connectivity index (χ4n) is 2.95. The molecule has 7 nitrogen and oxygen atoms in total. The number of esters is 1. The van der Waals surface area contributed by atoms with Crippen molar-refractivity contribution < 1.29 is 14.3 Å². The highest BCUT2D eigenvalue weighted by Gasteiger charge is 2.23. The molecule has 3 aromatic rings. The van der Waals surface area contributed by atoms with Crippen molar-refractivity contribution in [2.75, 3.05) is 7.11 Å². The third-order valence-electron chi connectivity index (χ3n) is 4.41. The van der Waals surface area contributed by atoms with Gasteiger partial charge in [-0.25, -0.2) is 4.98 Å². The zero-order chi connectivity index (χ0) is 23.8. The molecule has 10 heteroatoms. The fourth-order valence-corrected chi connectivity index (χ4v) is 4.21. The van der Waals surface area contributed by atoms with Crippen molar-refractivity contribution in [2.24, 2.45) is 5.10 Å². The van der Waals surface area contributed by atoms with Crippen LogP contribution in [0.4, 0.5) is 0 Å². The molecular formula is C22H20Br3N3O4. The number of nitrogens with zero attached hydrogens (tertiary/aromatic N) is 3. The Hall–Kier alpha value is -2.04. The molecule has 0 unspecified atom stereocenters. The molecule has 0 atom stereocenters. The van der Waals surface area contributed by atoms with Gasteiger partial charge in [0.2, 0.25) is 0 Å². The maximum Gasteiger partial charge on any atom is 0.308 e. The van der Waals surface area contributed by atoms with E-state index in [4.69, 9.17) is 14.5 Å². The molecule has 0 N–H and O–H groups in total. The summed E-state index contributed by atoms with van der Waals surface area (Å²) < 4.78 is 13.8. The van der Waals surface area contributed by atoms with Crippen LogP contribution in [0.2, 0.25) is 0 Å². The lowest BCUT2D eigenvalue weighted by Crippen LogP contribution is -2.29. The van der Waals surface area contributed by atoms with E-state index in [1.165, 1.54) is 24.9 Å². The monoisotopic (exact) mass is 627 g/mol. The second-order valence-electron chi connectivity index (χ2n) is 7.93. The third kappa shape index (κ3) is 4.97. The van der Waals surface area contributed by atoms with E-state index in [-0.39, 0.29) is 11.3 Å². The second-order valence-corrected chi connectivity index (χ2v) is 10.4. The number of ether oxygens (including phenoxy) is 2. The molecule has 1 heterocycles. The number of methoxy groups -OCH3 is 1. The highest BCUT2D eigenvalue weighted by Crippen LogP contribution is 2.42. The summed E-state index contributed by atoms with van der Waals surface area (Å²) in [6.45, 7) is 7.21. The van der Waals surface area contributed by atoms with Gasteiger partial charge < -0.3 is 9.47 Å². The number of carbonyl (C=O) groups is 1. The number of halogens is 3. The molecule has 0 fully saturated rings. The first-order valence-corrected chi connectivity index (χ1v) is 11.8. The van der Waals surface area contributed by atoms with Crippen LogP contribution in [0.25, 0.3) is 10.9 Å². The first-order chi connectivity index (χ1) is 14.9. The van der Waals surface area contributed by atoms with Gasteiger partial charge >= 0.3 is 5.97 Å². The van der Waals surface area contributed by atoms with Crippen molar-refractivity contribution in [2.45, 2.75) is 33.1 Å². The van der Waals surface area contributed by atoms with E-state index in [1.807, 2.05) is 26.8 Å². The maximum atomic E-state index is 13.3. The number of carbonyl (C=O) groups excluding carboxylic acids is 1. The van der Waals surface area contributed by atoms with Crippen molar-refractivity contribution in [3.05, 3.63) is 59.4 Å². The second kappa shape index (κ2) is 9.44. The van der Waals surface area contributed by atoms with Crippen molar-refractivity contribution in [1.29, 1.82) is 0 Å². The standard InChI is InChI=1S/C22H20Br3N3O4/c1-11(29)32-19-16(31-5)8-12(17(24)18(19)25)10-26-28-20(30)14-9-13(23)6-7-15(14)27-21(28)22(2,3)4/h6-10H,1-5H3. The smallest absolute Gasteiger partial charge is 0.308 e. The molecule has 0 saturated carbocycles. The molecule has 2 aromatic carbocycles. The minimum atomic E-state index is -0.480. The lowest BCUT2D eigenvalue weighted by atomic mass is 9.95. The largest absolute Gasteiger partial charge is 0.493 e. The van der Waals surface area contributed by atoms with E-state index in [0.717, 1.165) is 4.47 Å². The van der Waals surface area contributed by atoms with Gasteiger partial charge in [0, 0.05) is 26.8 Å². The fraction of sp³-hybridized carbons (Fsp3) is 0.273. The minimum Gasteiger partial charge on any atom is -0.493 e. The first kappa shape index (κ1) is 24.6. The van der Waals surface area contributed by atoms with Gasteiger partial charge in [0.25, 0.3) is 5.56 Å². The van der Waals surface area contributed by atoms with E-state index in [2.05, 4.69) is 52.9 Å². The zero-order valence-corrected chi connectivity index (χ0v) is 22.8. The van der Waals surface area contributed by atoms with Gasteiger partial charge in [-0.15, -0.1) is 0 Å². The van der Waals surface area contributed by atoms with Gasteiger partial charge in [-0.1, -0.05) is 36.7 Å². The number of hydrogen-bond donors (Lipinski definition) is 0. The summed E-state index contributed by atoms with van der Waals surface area (Å²) in [5, 5.41) is 4.93. The molecule has 0 aliphatic carbocycles. The SMILES string of the molecule is COc1cc(C=Nn2c(C(C)(C)C)nc3ccc(Br)cc3c2=O)c(Br)c(Br)c1OC(C)=O. The van der Waals surface area contributed by atoms with Crippen LogP contribution in [0.1, 0.15) is 39.1 Å². The molecular weight excluding hydrogens is 610 g/mol. The van der Waals surface area contributed by atoms with Crippen LogP contribution in [0, 0.1) is 0 Å². The van der Waals surface area contributed by atoms with Crippen molar-refractivity contribution in [3.8, 4) is 11.5 Å². The first-order valence-electron chi connectivity index (χ1n) is 9.45. The minimum absolute atomic E-state index is 0.244. The lowest BCUT2D eigenvalue weighted by molar-refractivity contribution is -0.132. The molecule has 0 spiro atoms. The zero-order valence-electron chi connectivity index (χ0n) is 18.0. The molecule has 0 aliphatic rings. The van der Waals surface area contributed by atoms with Gasteiger partial charge in [-0.05, 0) is 56.1 Å². The molecule has 0 bridgehead atoms. The number of hydrogen-bond acceptors (Lipinski definition) is 6. The van der Waals surface area contributed by atoms with Crippen LogP contribution >= 0.6 is 47.8 Å². The number of fused-ring (bicyclic) bond motifs is 1. The van der Waals surface area contributed by atoms with Crippen LogP contribution < -0.4 is 15.0 Å². The van der Waals surface area contributed by atoms with Gasteiger partial charge in [-0.3, -0.25) is 9.59 Å². The lowest BCUT2D eigenvalue weighted by Gasteiger charge is -2.21. The van der Waals surface area contributed by atoms with E-state index in [1.54, 1.807) is 18.2 Å². The third-order valence-corrected chi connectivity index (χ3v) is 7.05. The quantitative estimate of drug-likeness (QED) is 0.207. The van der Waals surface area contributed by atoms with Crippen LogP contribution in [0.5, 0.6) is 11.5 Å². The summed E-state index contributed by atoms with van der Waals surface area (Å²) in [4.78, 5) is 29.5. The molecule has 32 heavy (non-hydrogen) atoms. The molecule has 0 amide bonds. The average molecular weight is 630 g/mol. The summed E-state index contributed by atoms with van der Waals surface area (Å²) in [5.74, 6) is 0.619. The molecule has 0 saturated heterocycles. The molecule has 1 aromatic heterocycles. The summed E-state index contributed by atoms with van der Waals surface area (Å²) >= 11 is 10.3. The van der Waals surface area contributed by atoms with Gasteiger partial charge in [0.15, 0.2) is 11.5 Å². The molecule has 0 aliphatic heterocycles. The van der Waals surface area contributed by atoms with E-state index in [9.17, 15) is 9.59 Å². The molecule has 0 radical (unpaired) electrons. The Morgan fingerprint density at radius 3 is 2.44 bits per heavy atom. The van der Waals surface area contributed by atoms with Crippen LogP contribution in [-0.4, -0.2) is 29.0 Å². The highest BCUT2D eigenvalue weighted by atomic mass is 79.9. The number of aromatic nitrogens is 2. The number of rotatable bonds is 4. The van der Waals surface area contributed by atoms with Crippen LogP contribution in [0.3, 0.4) is 0 Å². The summed E-state index contributed by atoms with van der Waals surface area (Å²) in [7, 11) is 1.47. The number of benzene rings is 2. The van der Waals surface area contributed by atoms with Gasteiger partial charge in [-0.2, -0.15) is 9.78 Å². The average Bonchev–Trinajstić information content (AvgIpc) is 2.71. The normalized spacial score (nSPS) is 11.9. The van der Waals surface area contributed by atoms with Crippen molar-refractivity contribution in [3.63, 3.8) is 0 Å². The summed E-state index contributed by atoms with van der Waals surface area (Å²) in [6, 6.07) is 7.03. The molecule has 3 rings (SSSR count). The Kier molecular flexibility index (Phi) is 7.26. The van der Waals surface area contributed by atoms with E-state index in [0.29, 0.717) is 37.0 Å². The van der Waals surface area contributed by atoms with Crippen molar-refractivity contribution in [1.82, 2.24) is 9.66 Å². The van der Waals surface area contributed by atoms with Gasteiger partial charge in [0.05, 0.1) is 28.7 Å². The van der Waals surface area contributed by atoms with E-state index >= 15 is 0 Å². The summed E-state index contributed by atoms with van der Waals surface area (Å²) in [5.41, 5.74) is 0.486. The Morgan fingerprint density at radius 2 is 1.84 bits per heavy atom. The predicted octanol–water partition coefficient (Wildman–Crippen LogP) is 5.80. The highest BCUT2D eigenvalue weighted by molar-refractivity contribution is 9.13. The van der Waals surface area contributed by atoms with E-state index < -0.39 is 11.4 Å². The Balaban J connectivity index is 2.22. The topological polar surface area (TPSA) is 82.8 Å². The summed E-state index contributed by atoms with van der Waals surface area (Å²) in [6.07, 6.45) is 1.52. The van der Waals surface area contributed by atoms with Crippen LogP contribution in [-0.2, 0) is 10.2 Å². The predicted molar refractivity (Wildman–Crippen MR) is 135 cm³/mol. The Bertz CT molecular complexity index is 1310. The Labute approximate surface area is 210 Å². The van der Waals surface area contributed by atoms with Crippen LogP contribution in [0.15, 0.2) is 47.6 Å². The Morgan fingerprint density at radius 1 is 1.16 bits per heavy atom. The van der Waals surface area contributed by atoms with Crippen molar-refractivity contribution >= 4 is 70.9 Å². The van der Waals surface area contributed by atoms with Gasteiger partial charge in [0.1, 0.15) is 5.82 Å². The molecule has 168 valence electrons.